The number of fused-ring (bicyclic) bond motifs is 1. The molecule has 0 atom stereocenters. The highest BCUT2D eigenvalue weighted by atomic mass is 35.5. The van der Waals surface area contributed by atoms with Gasteiger partial charge in [-0.05, 0) is 24.4 Å². The molecule has 114 valence electrons. The molecule has 1 aromatic carbocycles. The van der Waals surface area contributed by atoms with Crippen LogP contribution in [0.1, 0.15) is 17.5 Å². The third-order valence-electron chi connectivity index (χ3n) is 3.66. The number of rotatable bonds is 2. The first-order valence-electron chi connectivity index (χ1n) is 6.82. The van der Waals surface area contributed by atoms with E-state index in [2.05, 4.69) is 21.0 Å². The fourth-order valence-electron chi connectivity index (χ4n) is 2.65. The van der Waals surface area contributed by atoms with Gasteiger partial charge >= 0.3 is 0 Å². The van der Waals surface area contributed by atoms with Gasteiger partial charge in [0.2, 0.25) is 5.11 Å². The van der Waals surface area contributed by atoms with Gasteiger partial charge in [-0.3, -0.25) is 0 Å². The van der Waals surface area contributed by atoms with E-state index in [4.69, 9.17) is 35.4 Å². The van der Waals surface area contributed by atoms with Crippen molar-refractivity contribution < 1.29 is 0 Å². The van der Waals surface area contributed by atoms with Crippen LogP contribution in [0.3, 0.4) is 0 Å². The number of nitrogens with zero attached hydrogens (tertiary/aromatic N) is 2. The van der Waals surface area contributed by atoms with Crippen LogP contribution in [0.5, 0.6) is 0 Å². The molecular formula is C16H9Cl2N3S2. The molecule has 1 N–H and O–H groups in total. The topological polar surface area (TPSA) is 40.5 Å². The summed E-state index contributed by atoms with van der Waals surface area (Å²) < 4.78 is 1.26. The number of thiophene rings is 1. The summed E-state index contributed by atoms with van der Waals surface area (Å²) in [4.78, 5) is 12.1. The van der Waals surface area contributed by atoms with E-state index in [1.165, 1.54) is 11.3 Å². The van der Waals surface area contributed by atoms with Crippen molar-refractivity contribution in [1.82, 2.24) is 4.98 Å². The summed E-state index contributed by atoms with van der Waals surface area (Å²) >= 11 is 18.9. The SMILES string of the molecule is S=C1N=C(c2cc(Cl)sc2Cl)CC(c2c[nH]c3ccccc23)=N1. The zero-order valence-corrected chi connectivity index (χ0v) is 14.8. The smallest absolute Gasteiger partial charge is 0.219 e. The molecule has 0 amide bonds. The van der Waals surface area contributed by atoms with E-state index in [0.717, 1.165) is 33.5 Å². The molecule has 0 aliphatic carbocycles. The number of hydrogen-bond donors (Lipinski definition) is 1. The average molecular weight is 378 g/mol. The van der Waals surface area contributed by atoms with Gasteiger partial charge in [0.15, 0.2) is 0 Å². The zero-order valence-electron chi connectivity index (χ0n) is 11.6. The van der Waals surface area contributed by atoms with Crippen molar-refractivity contribution in [2.45, 2.75) is 6.42 Å². The number of aliphatic imine (C=N–C) groups is 2. The molecule has 2 aromatic heterocycles. The van der Waals surface area contributed by atoms with Crippen molar-refractivity contribution in [2.75, 3.05) is 0 Å². The maximum Gasteiger partial charge on any atom is 0.219 e. The predicted octanol–water partition coefficient (Wildman–Crippen LogP) is 5.50. The van der Waals surface area contributed by atoms with Gasteiger partial charge in [-0.25, -0.2) is 9.98 Å². The molecule has 23 heavy (non-hydrogen) atoms. The standard InChI is InChI=1S/C16H9Cl2N3S2/c17-14-5-9(15(18)23-14)12-6-13(21-16(22)20-12)10-7-19-11-4-2-1-3-8(10)11/h1-5,7,19H,6H2. The molecule has 0 bridgehead atoms. The van der Waals surface area contributed by atoms with Crippen molar-refractivity contribution in [3.63, 3.8) is 0 Å². The number of thiocarbonyl (C=S) groups is 1. The molecule has 3 aromatic rings. The van der Waals surface area contributed by atoms with Gasteiger partial charge in [0.25, 0.3) is 0 Å². The highest BCUT2D eigenvalue weighted by molar-refractivity contribution is 7.80. The summed E-state index contributed by atoms with van der Waals surface area (Å²) in [6, 6.07) is 9.92. The predicted molar refractivity (Wildman–Crippen MR) is 103 cm³/mol. The van der Waals surface area contributed by atoms with E-state index >= 15 is 0 Å². The number of para-hydroxylation sites is 1. The third kappa shape index (κ3) is 2.74. The number of aromatic amines is 1. The Morgan fingerprint density at radius 3 is 2.57 bits per heavy atom. The van der Waals surface area contributed by atoms with Crippen LogP contribution in [0.2, 0.25) is 8.67 Å². The molecule has 0 saturated carbocycles. The van der Waals surface area contributed by atoms with Gasteiger partial charge < -0.3 is 4.98 Å². The molecule has 0 unspecified atom stereocenters. The fourth-order valence-corrected chi connectivity index (χ4v) is 4.38. The first-order chi connectivity index (χ1) is 11.1. The van der Waals surface area contributed by atoms with Crippen LogP contribution in [-0.4, -0.2) is 21.5 Å². The Morgan fingerprint density at radius 1 is 1.09 bits per heavy atom. The highest BCUT2D eigenvalue weighted by Crippen LogP contribution is 2.33. The highest BCUT2D eigenvalue weighted by Gasteiger charge is 2.21. The maximum absolute atomic E-state index is 6.26. The van der Waals surface area contributed by atoms with Gasteiger partial charge in [-0.1, -0.05) is 41.4 Å². The molecule has 1 aliphatic rings. The maximum atomic E-state index is 6.26. The number of hydrogen-bond acceptors (Lipinski definition) is 2. The molecule has 3 nitrogen and oxygen atoms in total. The molecule has 0 fully saturated rings. The van der Waals surface area contributed by atoms with Gasteiger partial charge in [-0.2, -0.15) is 0 Å². The van der Waals surface area contributed by atoms with Crippen LogP contribution >= 0.6 is 46.8 Å². The van der Waals surface area contributed by atoms with Crippen molar-refractivity contribution in [3.05, 3.63) is 56.3 Å². The Kier molecular flexibility index (Phi) is 3.81. The Labute approximate surface area is 151 Å². The number of aromatic nitrogens is 1. The minimum atomic E-state index is 0.310. The van der Waals surface area contributed by atoms with Gasteiger partial charge in [0.1, 0.15) is 4.34 Å². The first kappa shape index (κ1) is 15.0. The third-order valence-corrected chi connectivity index (χ3v) is 5.33. The normalized spacial score (nSPS) is 15.0. The fraction of sp³-hybridized carbons (Fsp3) is 0.0625. The summed E-state index contributed by atoms with van der Waals surface area (Å²) in [6.45, 7) is 0. The second-order valence-electron chi connectivity index (χ2n) is 5.06. The van der Waals surface area contributed by atoms with E-state index in [1.54, 1.807) is 0 Å². The minimum Gasteiger partial charge on any atom is -0.360 e. The Hall–Kier alpha value is -1.53. The molecule has 1 aliphatic heterocycles. The summed E-state index contributed by atoms with van der Waals surface area (Å²) in [6.07, 6.45) is 2.52. The van der Waals surface area contributed by atoms with Crippen LogP contribution in [-0.2, 0) is 0 Å². The van der Waals surface area contributed by atoms with Crippen LogP contribution in [0, 0.1) is 0 Å². The van der Waals surface area contributed by atoms with Gasteiger partial charge in [0.05, 0.1) is 15.8 Å². The van der Waals surface area contributed by atoms with E-state index in [-0.39, 0.29) is 0 Å². The molecule has 0 radical (unpaired) electrons. The largest absolute Gasteiger partial charge is 0.360 e. The Morgan fingerprint density at radius 2 is 1.83 bits per heavy atom. The zero-order chi connectivity index (χ0) is 16.0. The van der Waals surface area contributed by atoms with Crippen LogP contribution in [0.15, 0.2) is 46.5 Å². The lowest BCUT2D eigenvalue weighted by Crippen LogP contribution is -2.17. The summed E-state index contributed by atoms with van der Waals surface area (Å²) in [5.74, 6) is 0. The quantitative estimate of drug-likeness (QED) is 0.588. The molecule has 0 saturated heterocycles. The minimum absolute atomic E-state index is 0.310. The lowest BCUT2D eigenvalue weighted by molar-refractivity contribution is 1.39. The van der Waals surface area contributed by atoms with Crippen LogP contribution in [0.4, 0.5) is 0 Å². The van der Waals surface area contributed by atoms with Gasteiger partial charge in [0, 0.05) is 34.6 Å². The molecular weight excluding hydrogens is 369 g/mol. The van der Waals surface area contributed by atoms with Crippen molar-refractivity contribution in [1.29, 1.82) is 0 Å². The Balaban J connectivity index is 1.77. The number of halogens is 2. The molecule has 7 heteroatoms. The number of H-pyrrole nitrogens is 1. The summed E-state index contributed by atoms with van der Waals surface area (Å²) in [7, 11) is 0. The van der Waals surface area contributed by atoms with E-state index in [9.17, 15) is 0 Å². The Bertz CT molecular complexity index is 998. The second kappa shape index (κ2) is 5.83. The van der Waals surface area contributed by atoms with E-state index < -0.39 is 0 Å². The molecule has 3 heterocycles. The van der Waals surface area contributed by atoms with E-state index in [1.807, 2.05) is 30.5 Å². The summed E-state index contributed by atoms with van der Waals surface area (Å²) in [5, 5.41) is 1.43. The van der Waals surface area contributed by atoms with Crippen molar-refractivity contribution in [2.24, 2.45) is 9.98 Å². The lowest BCUT2D eigenvalue weighted by atomic mass is 10.00. The number of benzene rings is 1. The molecule has 0 spiro atoms. The van der Waals surface area contributed by atoms with Gasteiger partial charge in [-0.15, -0.1) is 11.3 Å². The van der Waals surface area contributed by atoms with Crippen molar-refractivity contribution >= 4 is 74.2 Å². The van der Waals surface area contributed by atoms with Crippen molar-refractivity contribution in [3.8, 4) is 0 Å². The van der Waals surface area contributed by atoms with E-state index in [0.29, 0.717) is 20.2 Å². The lowest BCUT2D eigenvalue weighted by Gasteiger charge is -2.13. The summed E-state index contributed by atoms with van der Waals surface area (Å²) in [5.41, 5.74) is 4.62. The average Bonchev–Trinajstić information content (AvgIpc) is 3.09. The van der Waals surface area contributed by atoms with Crippen LogP contribution in [0.25, 0.3) is 10.9 Å². The second-order valence-corrected chi connectivity index (χ2v) is 7.71. The molecule has 4 rings (SSSR count). The van der Waals surface area contributed by atoms with Crippen LogP contribution < -0.4 is 0 Å². The first-order valence-corrected chi connectivity index (χ1v) is 8.80. The number of nitrogens with one attached hydrogen (secondary N) is 1. The monoisotopic (exact) mass is 377 g/mol.